The Bertz CT molecular complexity index is 158. The van der Waals surface area contributed by atoms with Crippen molar-refractivity contribution in [3.05, 3.63) is 0 Å². The molecule has 14 heavy (non-hydrogen) atoms. The summed E-state index contributed by atoms with van der Waals surface area (Å²) in [6.07, 6.45) is 2.84. The number of hydrogen-bond acceptors (Lipinski definition) is 1. The van der Waals surface area contributed by atoms with Crippen LogP contribution in [0, 0.1) is 0 Å². The van der Waals surface area contributed by atoms with Crippen molar-refractivity contribution in [2.45, 2.75) is 49.6 Å². The van der Waals surface area contributed by atoms with E-state index in [1.165, 1.54) is 12.8 Å². The monoisotopic (exact) mass is 308 g/mol. The molecular weight excluding hydrogens is 289 g/mol. The zero-order chi connectivity index (χ0) is 11.8. The Balaban J connectivity index is 0. The fourth-order valence-electron chi connectivity index (χ4n) is 1.02. The quantitative estimate of drug-likeness (QED) is 0.422. The van der Waals surface area contributed by atoms with Gasteiger partial charge in [0.25, 0.3) is 0 Å². The number of thiol groups is 1. The Morgan fingerprint density at radius 2 is 1.43 bits per heavy atom. The summed E-state index contributed by atoms with van der Waals surface area (Å²) in [5.74, 6) is 0. The minimum atomic E-state index is -3.11. The van der Waals surface area contributed by atoms with Gasteiger partial charge in [-0.05, 0) is 11.8 Å². The number of rotatable bonds is 4. The van der Waals surface area contributed by atoms with E-state index in [0.717, 1.165) is 9.02 Å². The molecule has 2 nitrogen and oxygen atoms in total. The van der Waals surface area contributed by atoms with Gasteiger partial charge < -0.3 is 9.79 Å². The third-order valence-corrected chi connectivity index (χ3v) is 8.00. The fraction of sp³-hybridized carbons (Fsp3) is 1.00. The molecular formula is C8H21O2PS2Zn. The minimum Gasteiger partial charge on any atom is -0.338 e. The summed E-state index contributed by atoms with van der Waals surface area (Å²) in [6.45, 7) is 9.48. The maximum Gasteiger partial charge on any atom is 0.239 e. The molecule has 84 valence electrons. The van der Waals surface area contributed by atoms with E-state index in [-0.39, 0.29) is 17.1 Å². The molecule has 0 aliphatic heterocycles. The van der Waals surface area contributed by atoms with Crippen molar-refractivity contribution in [1.82, 2.24) is 0 Å². The van der Waals surface area contributed by atoms with Crippen molar-refractivity contribution in [3.8, 4) is 0 Å². The Kier molecular flexibility index (Phi) is 12.5. The summed E-state index contributed by atoms with van der Waals surface area (Å²) in [7, 11) is 0. The first-order chi connectivity index (χ1) is 6.20. The van der Waals surface area contributed by atoms with Crippen LogP contribution < -0.4 is 0 Å². The van der Waals surface area contributed by atoms with E-state index in [0.29, 0.717) is 0 Å². The van der Waals surface area contributed by atoms with Crippen molar-refractivity contribution in [2.75, 3.05) is 0 Å². The van der Waals surface area contributed by atoms with E-state index in [2.05, 4.69) is 51.8 Å². The van der Waals surface area contributed by atoms with Gasteiger partial charge >= 0.3 is 66.7 Å². The molecule has 0 radical (unpaired) electrons. The van der Waals surface area contributed by atoms with Gasteiger partial charge in [-0.1, -0.05) is 12.2 Å². The molecule has 0 bridgehead atoms. The molecule has 0 spiro atoms. The van der Waals surface area contributed by atoms with Crippen molar-refractivity contribution >= 4 is 29.7 Å². The van der Waals surface area contributed by atoms with Crippen LogP contribution in [0.3, 0.4) is 0 Å². The van der Waals surface area contributed by atoms with Gasteiger partial charge in [0.05, 0.1) is 0 Å². The standard InChI is InChI=1S/2C4H9.H3O2PS2.Zn/c2*1-3-4-2;1-3(2,4)5;/h2*3H,4H2,1-2H3;(H3,1,2,4,5);. The molecule has 6 heteroatoms. The van der Waals surface area contributed by atoms with E-state index in [4.69, 9.17) is 9.79 Å². The van der Waals surface area contributed by atoms with Crippen molar-refractivity contribution in [2.24, 2.45) is 0 Å². The van der Waals surface area contributed by atoms with Gasteiger partial charge in [0.2, 0.25) is 5.69 Å². The molecule has 2 unspecified atom stereocenters. The maximum atomic E-state index is 7.87. The van der Waals surface area contributed by atoms with E-state index in [1.54, 1.807) is 0 Å². The predicted octanol–water partition coefficient (Wildman–Crippen LogP) is 3.63. The van der Waals surface area contributed by atoms with Gasteiger partial charge in [0.1, 0.15) is 0 Å². The zero-order valence-corrected chi connectivity index (χ0v) is 15.0. The first-order valence-electron chi connectivity index (χ1n) is 4.98. The average molecular weight is 310 g/mol. The Labute approximate surface area is 106 Å². The van der Waals surface area contributed by atoms with Gasteiger partial charge in [0.15, 0.2) is 0 Å². The molecule has 0 aliphatic carbocycles. The molecule has 0 aliphatic rings. The van der Waals surface area contributed by atoms with Crippen LogP contribution in [0.5, 0.6) is 0 Å². The second kappa shape index (κ2) is 9.75. The van der Waals surface area contributed by atoms with Crippen LogP contribution in [-0.2, 0) is 28.9 Å². The normalized spacial score (nSPS) is 14.8. The Morgan fingerprint density at radius 3 is 1.57 bits per heavy atom. The third kappa shape index (κ3) is 23.4. The molecule has 0 saturated heterocycles. The summed E-state index contributed by atoms with van der Waals surface area (Å²) in [6, 6.07) is 0. The minimum absolute atomic E-state index is 0.142. The summed E-state index contributed by atoms with van der Waals surface area (Å²) in [4.78, 5) is 15.7. The molecule has 0 aromatic heterocycles. The second-order valence-corrected chi connectivity index (χ2v) is 15.7. The summed E-state index contributed by atoms with van der Waals surface area (Å²) >= 11 is 6.93. The van der Waals surface area contributed by atoms with Crippen LogP contribution in [0.1, 0.15) is 40.5 Å². The number of hydrogen-bond donors (Lipinski definition) is 3. The molecule has 2 N–H and O–H groups in total. The van der Waals surface area contributed by atoms with Crippen LogP contribution in [-0.4, -0.2) is 9.79 Å². The molecule has 0 aromatic rings. The van der Waals surface area contributed by atoms with Gasteiger partial charge in [0, 0.05) is 0 Å². The molecule has 0 fully saturated rings. The molecule has 0 saturated carbocycles. The van der Waals surface area contributed by atoms with Crippen LogP contribution in [0.25, 0.3) is 0 Å². The van der Waals surface area contributed by atoms with Crippen LogP contribution >= 0.6 is 17.9 Å². The summed E-state index contributed by atoms with van der Waals surface area (Å²) in [5, 5.41) is 0. The Hall–Kier alpha value is 1.54. The smallest absolute Gasteiger partial charge is 0.239 e. The van der Waals surface area contributed by atoms with Gasteiger partial charge in [-0.2, -0.15) is 0 Å². The van der Waals surface area contributed by atoms with E-state index in [1.807, 2.05) is 0 Å². The first kappa shape index (κ1) is 17.9. The predicted molar refractivity (Wildman–Crippen MR) is 67.1 cm³/mol. The van der Waals surface area contributed by atoms with Crippen LogP contribution in [0.4, 0.5) is 0 Å². The van der Waals surface area contributed by atoms with Gasteiger partial charge in [-0.15, -0.1) is 0 Å². The van der Waals surface area contributed by atoms with E-state index < -0.39 is 5.69 Å². The second-order valence-electron chi connectivity index (χ2n) is 3.78. The van der Waals surface area contributed by atoms with Crippen molar-refractivity contribution in [1.29, 1.82) is 0 Å². The zero-order valence-electron chi connectivity index (χ0n) is 9.47. The largest absolute Gasteiger partial charge is 0.338 e. The maximum absolute atomic E-state index is 7.87. The van der Waals surface area contributed by atoms with Crippen molar-refractivity contribution < 1.29 is 26.9 Å². The summed E-state index contributed by atoms with van der Waals surface area (Å²) < 4.78 is 2.24. The van der Waals surface area contributed by atoms with Gasteiger partial charge in [-0.3, -0.25) is 0 Å². The molecule has 0 aromatic carbocycles. The summed E-state index contributed by atoms with van der Waals surface area (Å²) in [5.41, 5.74) is -3.11. The Morgan fingerprint density at radius 1 is 1.21 bits per heavy atom. The molecule has 0 heterocycles. The first-order valence-corrected chi connectivity index (χ1v) is 12.3. The third-order valence-electron chi connectivity index (χ3n) is 2.20. The topological polar surface area (TPSA) is 40.5 Å². The van der Waals surface area contributed by atoms with Crippen LogP contribution in [0.2, 0.25) is 9.02 Å². The van der Waals surface area contributed by atoms with E-state index in [9.17, 15) is 0 Å². The average Bonchev–Trinajstić information content (AvgIpc) is 2.01. The van der Waals surface area contributed by atoms with E-state index >= 15 is 0 Å². The fourth-order valence-corrected chi connectivity index (χ4v) is 5.30. The van der Waals surface area contributed by atoms with Gasteiger partial charge in [-0.25, -0.2) is 0 Å². The molecule has 2 atom stereocenters. The van der Waals surface area contributed by atoms with Crippen LogP contribution in [0.15, 0.2) is 0 Å². The SMILES string of the molecule is CC[CH](C)[Zn][CH](C)CC.OP(O)(=S)S. The molecule has 0 rings (SSSR count). The molecule has 0 amide bonds. The van der Waals surface area contributed by atoms with Crippen molar-refractivity contribution in [3.63, 3.8) is 0 Å².